The zero-order valence-electron chi connectivity index (χ0n) is 15.2. The standard InChI is InChI=1S/C21H28O3/c1-13-6-5-7-18-20(13,3)9-8-14(2)21(18,4)12-15-10-16(22)11-17(23)19(15)24/h6,10-11,14,18,23H,5,7-9,12H2,1-4H3/t14-,18+,20+,21+/m0/s1. The maximum absolute atomic E-state index is 12.3. The molecule has 0 aromatic carbocycles. The average Bonchev–Trinajstić information content (AvgIpc) is 2.51. The summed E-state index contributed by atoms with van der Waals surface area (Å²) in [5, 5.41) is 9.76. The third kappa shape index (κ3) is 2.49. The summed E-state index contributed by atoms with van der Waals surface area (Å²) in [5.41, 5.74) is 2.09. The van der Waals surface area contributed by atoms with Crippen LogP contribution in [0, 0.1) is 22.7 Å². The Kier molecular flexibility index (Phi) is 4.09. The van der Waals surface area contributed by atoms with Gasteiger partial charge in [0.05, 0.1) is 0 Å². The highest BCUT2D eigenvalue weighted by Gasteiger charge is 2.53. The smallest absolute Gasteiger partial charge is 0.223 e. The van der Waals surface area contributed by atoms with E-state index < -0.39 is 5.76 Å². The van der Waals surface area contributed by atoms with Crippen LogP contribution >= 0.6 is 0 Å². The number of fused-ring (bicyclic) bond motifs is 1. The molecule has 3 heteroatoms. The molecule has 0 saturated heterocycles. The van der Waals surface area contributed by atoms with Gasteiger partial charge in [-0.25, -0.2) is 0 Å². The van der Waals surface area contributed by atoms with Crippen LogP contribution in [-0.4, -0.2) is 16.7 Å². The van der Waals surface area contributed by atoms with Crippen molar-refractivity contribution in [3.05, 3.63) is 35.1 Å². The fraction of sp³-hybridized carbons (Fsp3) is 0.619. The largest absolute Gasteiger partial charge is 0.504 e. The summed E-state index contributed by atoms with van der Waals surface area (Å²) >= 11 is 0. The Hall–Kier alpha value is -1.64. The first kappa shape index (κ1) is 17.2. The first-order valence-electron chi connectivity index (χ1n) is 9.05. The lowest BCUT2D eigenvalue weighted by molar-refractivity contribution is -0.118. The number of hydrogen-bond acceptors (Lipinski definition) is 3. The molecule has 3 rings (SSSR count). The second-order valence-corrected chi connectivity index (χ2v) is 8.49. The molecule has 0 heterocycles. The molecule has 4 atom stereocenters. The molecule has 0 radical (unpaired) electrons. The monoisotopic (exact) mass is 328 g/mol. The number of ketones is 2. The van der Waals surface area contributed by atoms with Crippen LogP contribution in [0.3, 0.4) is 0 Å². The van der Waals surface area contributed by atoms with Gasteiger partial charge in [0.2, 0.25) is 5.78 Å². The van der Waals surface area contributed by atoms with Crippen LogP contribution < -0.4 is 0 Å². The van der Waals surface area contributed by atoms with E-state index in [2.05, 4.69) is 33.8 Å². The van der Waals surface area contributed by atoms with Crippen molar-refractivity contribution >= 4 is 11.6 Å². The molecule has 3 nitrogen and oxygen atoms in total. The van der Waals surface area contributed by atoms with Crippen LogP contribution in [0.15, 0.2) is 35.1 Å². The lowest BCUT2D eigenvalue weighted by atomic mass is 9.46. The molecular weight excluding hydrogens is 300 g/mol. The number of aliphatic hydroxyl groups is 1. The molecule has 3 aliphatic carbocycles. The Bertz CT molecular complexity index is 681. The Morgan fingerprint density at radius 3 is 2.62 bits per heavy atom. The Balaban J connectivity index is 1.97. The van der Waals surface area contributed by atoms with Crippen molar-refractivity contribution in [1.82, 2.24) is 0 Å². The number of aliphatic hydroxyl groups excluding tert-OH is 1. The van der Waals surface area contributed by atoms with Crippen LogP contribution in [0.1, 0.15) is 59.8 Å². The highest BCUT2D eigenvalue weighted by Crippen LogP contribution is 2.62. The highest BCUT2D eigenvalue weighted by molar-refractivity contribution is 6.19. The van der Waals surface area contributed by atoms with Crippen LogP contribution in [0.5, 0.6) is 0 Å². The molecular formula is C21H28O3. The molecule has 0 amide bonds. The summed E-state index contributed by atoms with van der Waals surface area (Å²) in [6.07, 6.45) is 9.94. The summed E-state index contributed by atoms with van der Waals surface area (Å²) in [4.78, 5) is 24.1. The van der Waals surface area contributed by atoms with Crippen molar-refractivity contribution in [3.8, 4) is 0 Å². The second kappa shape index (κ2) is 5.72. The molecule has 1 fully saturated rings. The maximum atomic E-state index is 12.3. The zero-order valence-corrected chi connectivity index (χ0v) is 15.2. The van der Waals surface area contributed by atoms with Gasteiger partial charge in [-0.15, -0.1) is 0 Å². The number of carbonyl (C=O) groups excluding carboxylic acids is 2. The van der Waals surface area contributed by atoms with Gasteiger partial charge in [0, 0.05) is 11.6 Å². The fourth-order valence-electron chi connectivity index (χ4n) is 5.39. The molecule has 0 aromatic rings. The Morgan fingerprint density at radius 1 is 1.21 bits per heavy atom. The van der Waals surface area contributed by atoms with Crippen molar-refractivity contribution < 1.29 is 14.7 Å². The molecule has 130 valence electrons. The van der Waals surface area contributed by atoms with Gasteiger partial charge in [-0.3, -0.25) is 9.59 Å². The average molecular weight is 328 g/mol. The van der Waals surface area contributed by atoms with Crippen molar-refractivity contribution in [3.63, 3.8) is 0 Å². The topological polar surface area (TPSA) is 54.4 Å². The summed E-state index contributed by atoms with van der Waals surface area (Å²) in [5.74, 6) is -0.0870. The SMILES string of the molecule is CC1=CCC[C@H]2[C@](C)(CC3=CC(=O)C=C(O)C3=O)[C@@H](C)CC[C@]12C. The first-order valence-corrected chi connectivity index (χ1v) is 9.05. The highest BCUT2D eigenvalue weighted by atomic mass is 16.3. The zero-order chi connectivity index (χ0) is 17.7. The van der Waals surface area contributed by atoms with Gasteiger partial charge in [-0.1, -0.05) is 32.4 Å². The third-order valence-corrected chi connectivity index (χ3v) is 7.29. The lowest BCUT2D eigenvalue weighted by Crippen LogP contribution is -2.50. The summed E-state index contributed by atoms with van der Waals surface area (Å²) in [7, 11) is 0. The van der Waals surface area contributed by atoms with Crippen LogP contribution in [-0.2, 0) is 9.59 Å². The second-order valence-electron chi connectivity index (χ2n) is 8.49. The predicted octanol–water partition coefficient (Wildman–Crippen LogP) is 4.70. The Labute approximate surface area is 144 Å². The van der Waals surface area contributed by atoms with E-state index in [9.17, 15) is 14.7 Å². The maximum Gasteiger partial charge on any atom is 0.223 e. The van der Waals surface area contributed by atoms with Gasteiger partial charge in [-0.05, 0) is 67.8 Å². The number of Topliss-reactive ketones (excluding diaryl/α,β-unsaturated/α-hetero) is 1. The van der Waals surface area contributed by atoms with E-state index in [4.69, 9.17) is 0 Å². The predicted molar refractivity (Wildman–Crippen MR) is 94.5 cm³/mol. The van der Waals surface area contributed by atoms with Gasteiger partial charge < -0.3 is 5.11 Å². The van der Waals surface area contributed by atoms with Crippen molar-refractivity contribution in [2.75, 3.05) is 0 Å². The molecule has 1 saturated carbocycles. The third-order valence-electron chi connectivity index (χ3n) is 7.29. The molecule has 0 spiro atoms. The summed E-state index contributed by atoms with van der Waals surface area (Å²) in [6, 6.07) is 0. The minimum atomic E-state index is -0.410. The van der Waals surface area contributed by atoms with E-state index in [1.165, 1.54) is 18.1 Å². The number of rotatable bonds is 2. The van der Waals surface area contributed by atoms with Gasteiger partial charge in [0.15, 0.2) is 11.5 Å². The molecule has 1 N–H and O–H groups in total. The molecule has 3 aliphatic rings. The first-order chi connectivity index (χ1) is 11.2. The molecule has 0 aliphatic heterocycles. The van der Waals surface area contributed by atoms with E-state index in [-0.39, 0.29) is 22.4 Å². The number of hydrogen-bond donors (Lipinski definition) is 1. The normalized spacial score (nSPS) is 39.8. The number of carbonyl (C=O) groups is 2. The van der Waals surface area contributed by atoms with E-state index in [0.717, 1.165) is 25.3 Å². The number of allylic oxidation sites excluding steroid dienone is 5. The summed E-state index contributed by atoms with van der Waals surface area (Å²) < 4.78 is 0. The van der Waals surface area contributed by atoms with E-state index >= 15 is 0 Å². The van der Waals surface area contributed by atoms with Gasteiger partial charge >= 0.3 is 0 Å². The van der Waals surface area contributed by atoms with Crippen LogP contribution in [0.25, 0.3) is 0 Å². The van der Waals surface area contributed by atoms with Gasteiger partial charge in [0.1, 0.15) is 0 Å². The van der Waals surface area contributed by atoms with E-state index in [1.54, 1.807) is 0 Å². The lowest BCUT2D eigenvalue weighted by Gasteiger charge is -2.58. The van der Waals surface area contributed by atoms with E-state index in [1.807, 2.05) is 0 Å². The molecule has 0 aromatic heterocycles. The van der Waals surface area contributed by atoms with Crippen LogP contribution in [0.2, 0.25) is 0 Å². The van der Waals surface area contributed by atoms with Gasteiger partial charge in [0.25, 0.3) is 0 Å². The minimum absolute atomic E-state index is 0.0398. The van der Waals surface area contributed by atoms with Crippen LogP contribution in [0.4, 0.5) is 0 Å². The van der Waals surface area contributed by atoms with Crippen molar-refractivity contribution in [1.29, 1.82) is 0 Å². The molecule has 0 bridgehead atoms. The van der Waals surface area contributed by atoms with Gasteiger partial charge in [-0.2, -0.15) is 0 Å². The fourth-order valence-corrected chi connectivity index (χ4v) is 5.39. The minimum Gasteiger partial charge on any atom is -0.504 e. The molecule has 0 unspecified atom stereocenters. The van der Waals surface area contributed by atoms with Crippen molar-refractivity contribution in [2.45, 2.75) is 59.8 Å². The summed E-state index contributed by atoms with van der Waals surface area (Å²) in [6.45, 7) is 9.17. The Morgan fingerprint density at radius 2 is 1.92 bits per heavy atom. The quantitative estimate of drug-likeness (QED) is 0.591. The van der Waals surface area contributed by atoms with E-state index in [0.29, 0.717) is 23.8 Å². The van der Waals surface area contributed by atoms with Crippen molar-refractivity contribution in [2.24, 2.45) is 22.7 Å². The molecule has 24 heavy (non-hydrogen) atoms.